The second kappa shape index (κ2) is 6.19. The van der Waals surface area contributed by atoms with E-state index in [1.807, 2.05) is 6.08 Å². The largest absolute Gasteiger partial charge is 0.481 e. The van der Waals surface area contributed by atoms with E-state index in [0.29, 0.717) is 30.6 Å². The van der Waals surface area contributed by atoms with Crippen molar-refractivity contribution in [3.63, 3.8) is 0 Å². The maximum Gasteiger partial charge on any atom is 0.303 e. The average molecular weight is 360 g/mol. The van der Waals surface area contributed by atoms with Gasteiger partial charge in [-0.3, -0.25) is 9.59 Å². The van der Waals surface area contributed by atoms with E-state index in [1.165, 1.54) is 5.57 Å². The molecule has 2 N–H and O–H groups in total. The Morgan fingerprint density at radius 1 is 1.19 bits per heavy atom. The molecule has 0 aromatic carbocycles. The molecule has 0 aliphatic heterocycles. The Morgan fingerprint density at radius 2 is 1.96 bits per heavy atom. The smallest absolute Gasteiger partial charge is 0.303 e. The van der Waals surface area contributed by atoms with Crippen molar-refractivity contribution in [3.05, 3.63) is 11.6 Å². The molecule has 7 atom stereocenters. The fraction of sp³-hybridized carbons (Fsp3) is 0.818. The van der Waals surface area contributed by atoms with Gasteiger partial charge in [0.2, 0.25) is 0 Å². The maximum atomic E-state index is 12.3. The van der Waals surface area contributed by atoms with Crippen molar-refractivity contribution in [2.45, 2.75) is 77.7 Å². The first-order chi connectivity index (χ1) is 12.3. The Kier molecular flexibility index (Phi) is 4.33. The molecule has 0 amide bonds. The van der Waals surface area contributed by atoms with Crippen molar-refractivity contribution in [1.82, 2.24) is 0 Å². The Labute approximate surface area is 156 Å². The van der Waals surface area contributed by atoms with Gasteiger partial charge in [-0.1, -0.05) is 19.4 Å². The van der Waals surface area contributed by atoms with E-state index in [0.717, 1.165) is 38.5 Å². The molecule has 0 saturated heterocycles. The predicted molar refractivity (Wildman–Crippen MR) is 98.5 cm³/mol. The Balaban J connectivity index is 1.67. The number of carbonyl (C=O) groups excluding carboxylic acids is 1. The lowest BCUT2D eigenvalue weighted by Crippen LogP contribution is -2.54. The van der Waals surface area contributed by atoms with Crippen LogP contribution in [0.3, 0.4) is 0 Å². The summed E-state index contributed by atoms with van der Waals surface area (Å²) in [7, 11) is 0. The highest BCUT2D eigenvalue weighted by atomic mass is 16.4. The fourth-order valence-electron chi connectivity index (χ4n) is 7.44. The minimum atomic E-state index is -0.764. The van der Waals surface area contributed by atoms with Crippen LogP contribution in [0.4, 0.5) is 0 Å². The molecule has 4 nitrogen and oxygen atoms in total. The normalized spacial score (nSPS) is 47.6. The van der Waals surface area contributed by atoms with Crippen LogP contribution in [0, 0.1) is 34.5 Å². The summed E-state index contributed by atoms with van der Waals surface area (Å²) in [5.41, 5.74) is 1.30. The van der Waals surface area contributed by atoms with Gasteiger partial charge in [0.1, 0.15) is 0 Å². The third-order valence-electron chi connectivity index (χ3n) is 8.93. The molecule has 3 saturated carbocycles. The van der Waals surface area contributed by atoms with Crippen LogP contribution >= 0.6 is 0 Å². The molecule has 0 bridgehead atoms. The van der Waals surface area contributed by atoms with Crippen LogP contribution < -0.4 is 0 Å². The first kappa shape index (κ1) is 18.2. The molecule has 144 valence electrons. The Bertz CT molecular complexity index is 653. The van der Waals surface area contributed by atoms with Gasteiger partial charge in [0, 0.05) is 12.8 Å². The van der Waals surface area contributed by atoms with Crippen LogP contribution in [0.5, 0.6) is 0 Å². The van der Waals surface area contributed by atoms with E-state index in [9.17, 15) is 19.8 Å². The average Bonchev–Trinajstić information content (AvgIpc) is 2.89. The fourth-order valence-corrected chi connectivity index (χ4v) is 7.44. The summed E-state index contributed by atoms with van der Waals surface area (Å²) in [4.78, 5) is 23.5. The van der Waals surface area contributed by atoms with Crippen molar-refractivity contribution >= 4 is 11.8 Å². The second-order valence-corrected chi connectivity index (χ2v) is 9.81. The van der Waals surface area contributed by atoms with Crippen LogP contribution in [0.2, 0.25) is 0 Å². The minimum absolute atomic E-state index is 0.0405. The molecule has 0 radical (unpaired) electrons. The highest BCUT2D eigenvalue weighted by Gasteiger charge is 2.60. The summed E-state index contributed by atoms with van der Waals surface area (Å²) in [6, 6.07) is 0. The number of allylic oxidation sites excluding steroid dienone is 1. The molecule has 4 aliphatic rings. The van der Waals surface area contributed by atoms with Gasteiger partial charge in [-0.15, -0.1) is 0 Å². The van der Waals surface area contributed by atoms with Crippen LogP contribution in [-0.4, -0.2) is 28.1 Å². The molecule has 4 heteroatoms. The van der Waals surface area contributed by atoms with Crippen LogP contribution in [-0.2, 0) is 9.59 Å². The summed E-state index contributed by atoms with van der Waals surface area (Å²) < 4.78 is 0. The second-order valence-electron chi connectivity index (χ2n) is 9.81. The summed E-state index contributed by atoms with van der Waals surface area (Å²) in [6.07, 6.45) is 9.26. The van der Waals surface area contributed by atoms with E-state index in [2.05, 4.69) is 13.8 Å². The topological polar surface area (TPSA) is 74.6 Å². The Morgan fingerprint density at radius 3 is 2.69 bits per heavy atom. The predicted octanol–water partition coefficient (Wildman–Crippen LogP) is 3.97. The lowest BCUT2D eigenvalue weighted by atomic mass is 9.45. The van der Waals surface area contributed by atoms with E-state index < -0.39 is 5.97 Å². The van der Waals surface area contributed by atoms with Crippen molar-refractivity contribution < 1.29 is 19.8 Å². The van der Waals surface area contributed by atoms with Crippen molar-refractivity contribution in [1.29, 1.82) is 0 Å². The number of carbonyl (C=O) groups is 2. The number of hydrogen-bond acceptors (Lipinski definition) is 3. The van der Waals surface area contributed by atoms with Crippen molar-refractivity contribution in [2.75, 3.05) is 0 Å². The molecular weight excluding hydrogens is 328 g/mol. The number of hydrogen-bond donors (Lipinski definition) is 2. The van der Waals surface area contributed by atoms with Gasteiger partial charge in [0.05, 0.1) is 6.10 Å². The lowest BCUT2D eigenvalue weighted by molar-refractivity contribution is -0.138. The summed E-state index contributed by atoms with van der Waals surface area (Å²) in [6.45, 7) is 4.61. The van der Waals surface area contributed by atoms with Gasteiger partial charge in [0.15, 0.2) is 5.78 Å². The van der Waals surface area contributed by atoms with Gasteiger partial charge in [-0.25, -0.2) is 0 Å². The lowest BCUT2D eigenvalue weighted by Gasteiger charge is -2.60. The monoisotopic (exact) mass is 360 g/mol. The van der Waals surface area contributed by atoms with Gasteiger partial charge in [0.25, 0.3) is 0 Å². The van der Waals surface area contributed by atoms with Gasteiger partial charge in [-0.05, 0) is 85.5 Å². The zero-order chi connectivity index (χ0) is 18.7. The number of carboxylic acid groups (broad SMARTS) is 1. The van der Waals surface area contributed by atoms with Gasteiger partial charge >= 0.3 is 5.97 Å². The number of carboxylic acids is 1. The number of aliphatic carboxylic acids is 1. The third-order valence-corrected chi connectivity index (χ3v) is 8.93. The van der Waals surface area contributed by atoms with E-state index in [1.54, 1.807) is 0 Å². The minimum Gasteiger partial charge on any atom is -0.481 e. The molecular formula is C22H32O4. The highest BCUT2D eigenvalue weighted by molar-refractivity contribution is 5.92. The molecule has 0 heterocycles. The van der Waals surface area contributed by atoms with E-state index >= 15 is 0 Å². The molecule has 0 aromatic rings. The van der Waals surface area contributed by atoms with E-state index in [4.69, 9.17) is 0 Å². The zero-order valence-corrected chi connectivity index (χ0v) is 16.0. The SMILES string of the molecule is C[C@]12CC[C@@H]3[C@@H](CCC4=CC(=O)CC(CCC(=O)O)[C@@]43C)[C@@H]1CCC2O. The number of rotatable bonds is 3. The maximum absolute atomic E-state index is 12.3. The molecule has 4 aliphatic carbocycles. The first-order valence-corrected chi connectivity index (χ1v) is 10.4. The third kappa shape index (κ3) is 2.51. The van der Waals surface area contributed by atoms with Crippen LogP contribution in [0.15, 0.2) is 11.6 Å². The number of fused-ring (bicyclic) bond motifs is 5. The number of aliphatic hydroxyl groups excluding tert-OH is 1. The molecule has 0 spiro atoms. The molecule has 26 heavy (non-hydrogen) atoms. The molecule has 2 unspecified atom stereocenters. The van der Waals surface area contributed by atoms with Crippen molar-refractivity contribution in [3.8, 4) is 0 Å². The summed E-state index contributed by atoms with van der Waals surface area (Å²) in [5, 5.41) is 19.8. The highest BCUT2D eigenvalue weighted by Crippen LogP contribution is 2.66. The number of ketones is 1. The number of aliphatic hydroxyl groups is 1. The molecule has 3 fully saturated rings. The summed E-state index contributed by atoms with van der Waals surface area (Å²) >= 11 is 0. The summed E-state index contributed by atoms with van der Waals surface area (Å²) in [5.74, 6) is 1.27. The van der Waals surface area contributed by atoms with Crippen LogP contribution in [0.1, 0.15) is 71.6 Å². The van der Waals surface area contributed by atoms with E-state index in [-0.39, 0.29) is 35.1 Å². The zero-order valence-electron chi connectivity index (χ0n) is 16.0. The quantitative estimate of drug-likeness (QED) is 0.798. The molecule has 4 rings (SSSR count). The first-order valence-electron chi connectivity index (χ1n) is 10.4. The molecule has 0 aromatic heterocycles. The van der Waals surface area contributed by atoms with Gasteiger partial charge in [-0.2, -0.15) is 0 Å². The standard InChI is InChI=1S/C22H32O4/c1-21-10-9-18-16(17(21)6-7-19(21)24)5-3-13-11-15(23)12-14(22(13,18)2)4-8-20(25)26/h11,14,16-19,24H,3-10,12H2,1-2H3,(H,25,26)/t14?,16-,17-,18+,19?,21-,22+/m0/s1. The van der Waals surface area contributed by atoms with Gasteiger partial charge < -0.3 is 10.2 Å². The van der Waals surface area contributed by atoms with Crippen LogP contribution in [0.25, 0.3) is 0 Å². The Hall–Kier alpha value is -1.16. The van der Waals surface area contributed by atoms with Crippen molar-refractivity contribution in [2.24, 2.45) is 34.5 Å².